The van der Waals surface area contributed by atoms with Crippen LogP contribution in [0.1, 0.15) is 18.1 Å². The molecule has 30 heavy (non-hydrogen) atoms. The molecule has 0 saturated carbocycles. The van der Waals surface area contributed by atoms with Gasteiger partial charge in [-0.2, -0.15) is 0 Å². The summed E-state index contributed by atoms with van der Waals surface area (Å²) in [7, 11) is 0. The van der Waals surface area contributed by atoms with E-state index in [0.717, 1.165) is 10.5 Å². The van der Waals surface area contributed by atoms with Crippen molar-refractivity contribution < 1.29 is 23.9 Å². The van der Waals surface area contributed by atoms with Crippen molar-refractivity contribution in [3.8, 4) is 11.5 Å². The average Bonchev–Trinajstić information content (AvgIpc) is 2.92. The maximum absolute atomic E-state index is 13.0. The van der Waals surface area contributed by atoms with Crippen LogP contribution >= 0.6 is 11.6 Å². The number of imide groups is 1. The lowest BCUT2D eigenvalue weighted by Gasteiger charge is -2.24. The molecule has 1 atom stereocenters. The van der Waals surface area contributed by atoms with E-state index in [1.54, 1.807) is 31.2 Å². The number of anilines is 1. The van der Waals surface area contributed by atoms with Crippen molar-refractivity contribution in [3.63, 3.8) is 0 Å². The average molecular weight is 430 g/mol. The number of urea groups is 1. The van der Waals surface area contributed by atoms with Gasteiger partial charge in [-0.3, -0.25) is 14.5 Å². The summed E-state index contributed by atoms with van der Waals surface area (Å²) >= 11 is 6.21. The van der Waals surface area contributed by atoms with Crippen LogP contribution < -0.4 is 20.1 Å². The number of halogens is 1. The van der Waals surface area contributed by atoms with Gasteiger partial charge in [0.15, 0.2) is 11.5 Å². The Morgan fingerprint density at radius 2 is 1.87 bits per heavy atom. The van der Waals surface area contributed by atoms with Gasteiger partial charge < -0.3 is 20.1 Å². The maximum atomic E-state index is 13.0. The predicted molar refractivity (Wildman–Crippen MR) is 110 cm³/mol. The molecule has 2 aromatic carbocycles. The number of ether oxygens (including phenoxy) is 2. The van der Waals surface area contributed by atoms with Crippen molar-refractivity contribution in [1.82, 2.24) is 10.2 Å². The van der Waals surface area contributed by atoms with Crippen LogP contribution in [0.4, 0.5) is 10.5 Å². The minimum Gasteiger partial charge on any atom is -0.486 e. The highest BCUT2D eigenvalue weighted by Crippen LogP contribution is 2.38. The number of nitrogens with one attached hydrogen (secondary N) is 2. The SMILES string of the molecule is Cc1ccccc1C1(C)NC(=O)N(CC(=O)Nc2cc3c(cc2Cl)OCCO3)C1=O. The van der Waals surface area contributed by atoms with Gasteiger partial charge in [0.2, 0.25) is 5.91 Å². The van der Waals surface area contributed by atoms with Crippen molar-refractivity contribution >= 4 is 35.1 Å². The molecular weight excluding hydrogens is 410 g/mol. The van der Waals surface area contributed by atoms with Gasteiger partial charge in [0, 0.05) is 12.1 Å². The molecule has 1 unspecified atom stereocenters. The zero-order valence-electron chi connectivity index (χ0n) is 16.5. The molecule has 156 valence electrons. The number of amides is 4. The Labute approximate surface area is 178 Å². The van der Waals surface area contributed by atoms with Crippen LogP contribution in [-0.2, 0) is 15.1 Å². The molecule has 0 aliphatic carbocycles. The Morgan fingerprint density at radius 3 is 2.57 bits per heavy atom. The van der Waals surface area contributed by atoms with E-state index in [1.807, 2.05) is 19.1 Å². The largest absolute Gasteiger partial charge is 0.486 e. The molecule has 2 heterocycles. The predicted octanol–water partition coefficient (Wildman–Crippen LogP) is 2.83. The summed E-state index contributed by atoms with van der Waals surface area (Å²) in [6.45, 7) is 3.85. The monoisotopic (exact) mass is 429 g/mol. The van der Waals surface area contributed by atoms with Gasteiger partial charge in [0.25, 0.3) is 5.91 Å². The van der Waals surface area contributed by atoms with Crippen molar-refractivity contribution in [2.45, 2.75) is 19.4 Å². The molecule has 0 aromatic heterocycles. The Balaban J connectivity index is 1.51. The first-order chi connectivity index (χ1) is 14.3. The van der Waals surface area contributed by atoms with Crippen LogP contribution in [0.2, 0.25) is 5.02 Å². The van der Waals surface area contributed by atoms with E-state index in [4.69, 9.17) is 21.1 Å². The fourth-order valence-corrected chi connectivity index (χ4v) is 3.85. The van der Waals surface area contributed by atoms with Crippen LogP contribution in [0.5, 0.6) is 11.5 Å². The second-order valence-corrected chi connectivity index (χ2v) is 7.69. The first-order valence-electron chi connectivity index (χ1n) is 9.39. The minimum absolute atomic E-state index is 0.259. The molecule has 9 heteroatoms. The second kappa shape index (κ2) is 7.53. The summed E-state index contributed by atoms with van der Waals surface area (Å²) in [6.07, 6.45) is 0. The molecule has 2 aromatic rings. The summed E-state index contributed by atoms with van der Waals surface area (Å²) in [5.74, 6) is -0.105. The van der Waals surface area contributed by atoms with E-state index in [-0.39, 0.29) is 5.02 Å². The quantitative estimate of drug-likeness (QED) is 0.728. The molecule has 0 radical (unpaired) electrons. The van der Waals surface area contributed by atoms with Gasteiger partial charge in [0.05, 0.1) is 10.7 Å². The summed E-state index contributed by atoms with van der Waals surface area (Å²) in [5, 5.41) is 5.59. The third-order valence-corrected chi connectivity index (χ3v) is 5.48. The molecule has 0 bridgehead atoms. The van der Waals surface area contributed by atoms with E-state index in [0.29, 0.717) is 36.0 Å². The molecule has 0 spiro atoms. The summed E-state index contributed by atoms with van der Waals surface area (Å²) in [6, 6.07) is 9.77. The highest BCUT2D eigenvalue weighted by atomic mass is 35.5. The molecule has 1 saturated heterocycles. The number of hydrogen-bond acceptors (Lipinski definition) is 5. The molecule has 4 rings (SSSR count). The van der Waals surface area contributed by atoms with Crippen molar-refractivity contribution in [3.05, 3.63) is 52.5 Å². The number of hydrogen-bond donors (Lipinski definition) is 2. The summed E-state index contributed by atoms with van der Waals surface area (Å²) < 4.78 is 10.9. The number of benzene rings is 2. The third-order valence-electron chi connectivity index (χ3n) is 5.17. The lowest BCUT2D eigenvalue weighted by molar-refractivity contribution is -0.133. The number of carbonyl (C=O) groups is 3. The molecule has 2 aliphatic rings. The lowest BCUT2D eigenvalue weighted by Crippen LogP contribution is -2.42. The topological polar surface area (TPSA) is 97.0 Å². The normalized spacial score (nSPS) is 20.2. The van der Waals surface area contributed by atoms with Crippen LogP contribution in [0.15, 0.2) is 36.4 Å². The van der Waals surface area contributed by atoms with E-state index < -0.39 is 29.9 Å². The van der Waals surface area contributed by atoms with E-state index in [2.05, 4.69) is 10.6 Å². The van der Waals surface area contributed by atoms with E-state index in [9.17, 15) is 14.4 Å². The standard InChI is InChI=1S/C21H20ClN3O5/c1-12-5-3-4-6-13(12)21(2)19(27)25(20(28)24-21)11-18(26)23-15-10-17-16(9-14(15)22)29-7-8-30-17/h3-6,9-10H,7-8,11H2,1-2H3,(H,23,26)(H,24,28). The van der Waals surface area contributed by atoms with Gasteiger partial charge in [-0.25, -0.2) is 4.79 Å². The smallest absolute Gasteiger partial charge is 0.325 e. The van der Waals surface area contributed by atoms with Gasteiger partial charge in [0.1, 0.15) is 25.3 Å². The highest BCUT2D eigenvalue weighted by molar-refractivity contribution is 6.34. The Hall–Kier alpha value is -3.26. The number of aryl methyl sites for hydroxylation is 1. The summed E-state index contributed by atoms with van der Waals surface area (Å²) in [4.78, 5) is 39.0. The van der Waals surface area contributed by atoms with E-state index in [1.165, 1.54) is 0 Å². The van der Waals surface area contributed by atoms with Gasteiger partial charge >= 0.3 is 6.03 Å². The lowest BCUT2D eigenvalue weighted by atomic mass is 9.88. The summed E-state index contributed by atoms with van der Waals surface area (Å²) in [5.41, 5.74) is 0.612. The molecule has 1 fully saturated rings. The van der Waals surface area contributed by atoms with Crippen LogP contribution in [0.25, 0.3) is 0 Å². The number of rotatable bonds is 4. The van der Waals surface area contributed by atoms with Crippen molar-refractivity contribution in [2.24, 2.45) is 0 Å². The van der Waals surface area contributed by atoms with Gasteiger partial charge in [-0.15, -0.1) is 0 Å². The van der Waals surface area contributed by atoms with Crippen LogP contribution in [-0.4, -0.2) is 42.5 Å². The van der Waals surface area contributed by atoms with Gasteiger partial charge in [-0.1, -0.05) is 35.9 Å². The zero-order chi connectivity index (χ0) is 21.5. The third kappa shape index (κ3) is 3.43. The number of fused-ring (bicyclic) bond motifs is 1. The minimum atomic E-state index is -1.24. The Morgan fingerprint density at radius 1 is 1.20 bits per heavy atom. The molecule has 4 amide bonds. The molecular formula is C21H20ClN3O5. The molecule has 2 aliphatic heterocycles. The molecule has 2 N–H and O–H groups in total. The van der Waals surface area contributed by atoms with Crippen molar-refractivity contribution in [2.75, 3.05) is 25.1 Å². The second-order valence-electron chi connectivity index (χ2n) is 7.29. The highest BCUT2D eigenvalue weighted by Gasteiger charge is 2.50. The Kier molecular flexibility index (Phi) is 5.03. The van der Waals surface area contributed by atoms with Crippen LogP contribution in [0.3, 0.4) is 0 Å². The first-order valence-corrected chi connectivity index (χ1v) is 9.76. The van der Waals surface area contributed by atoms with Crippen LogP contribution in [0, 0.1) is 6.92 Å². The molecule has 8 nitrogen and oxygen atoms in total. The Bertz CT molecular complexity index is 1060. The van der Waals surface area contributed by atoms with Gasteiger partial charge in [-0.05, 0) is 25.0 Å². The number of carbonyl (C=O) groups excluding carboxylic acids is 3. The van der Waals surface area contributed by atoms with Crippen molar-refractivity contribution in [1.29, 1.82) is 0 Å². The number of nitrogens with zero attached hydrogens (tertiary/aromatic N) is 1. The first kappa shape index (κ1) is 20.0. The zero-order valence-corrected chi connectivity index (χ0v) is 17.2. The fourth-order valence-electron chi connectivity index (χ4n) is 3.65. The maximum Gasteiger partial charge on any atom is 0.325 e. The van der Waals surface area contributed by atoms with E-state index >= 15 is 0 Å². The fraction of sp³-hybridized carbons (Fsp3) is 0.286.